The molecule has 1 aromatic rings. The number of carbonyl (C=O) groups excluding carboxylic acids is 2. The van der Waals surface area contributed by atoms with Crippen LogP contribution in [0.15, 0.2) is 6.33 Å². The minimum Gasteiger partial charge on any atom is -0.444 e. The van der Waals surface area contributed by atoms with Crippen LogP contribution in [-0.2, 0) is 22.4 Å². The van der Waals surface area contributed by atoms with Crippen LogP contribution in [-0.4, -0.2) is 40.7 Å². The van der Waals surface area contributed by atoms with Crippen LogP contribution in [0.2, 0.25) is 0 Å². The molecule has 1 aromatic heterocycles. The van der Waals surface area contributed by atoms with Crippen LogP contribution in [0, 0.1) is 5.92 Å². The maximum absolute atomic E-state index is 12.1. The zero-order valence-corrected chi connectivity index (χ0v) is 13.4. The highest BCUT2D eigenvalue weighted by molar-refractivity contribution is 5.79. The van der Waals surface area contributed by atoms with Crippen LogP contribution >= 0.6 is 0 Å². The summed E-state index contributed by atoms with van der Waals surface area (Å²) in [5.74, 6) is -0.0132. The number of aromatic amines is 1. The quantitative estimate of drug-likeness (QED) is 0.727. The Balaban J connectivity index is 1.66. The molecule has 0 saturated heterocycles. The fourth-order valence-electron chi connectivity index (χ4n) is 2.43. The summed E-state index contributed by atoms with van der Waals surface area (Å²) in [6, 6.07) is 0. The van der Waals surface area contributed by atoms with Crippen LogP contribution in [0.1, 0.15) is 38.6 Å². The van der Waals surface area contributed by atoms with E-state index in [0.717, 1.165) is 24.2 Å². The van der Waals surface area contributed by atoms with Crippen molar-refractivity contribution >= 4 is 12.0 Å². The van der Waals surface area contributed by atoms with E-state index in [1.807, 2.05) is 0 Å². The maximum Gasteiger partial charge on any atom is 0.407 e. The van der Waals surface area contributed by atoms with Crippen LogP contribution in [0.4, 0.5) is 4.79 Å². The molecule has 2 rings (SSSR count). The van der Waals surface area contributed by atoms with Gasteiger partial charge in [0.1, 0.15) is 5.60 Å². The highest BCUT2D eigenvalue weighted by Gasteiger charge is 2.25. The Morgan fingerprint density at radius 3 is 2.82 bits per heavy atom. The van der Waals surface area contributed by atoms with E-state index in [0.29, 0.717) is 19.5 Å². The first-order chi connectivity index (χ1) is 10.3. The van der Waals surface area contributed by atoms with Gasteiger partial charge in [0.15, 0.2) is 0 Å². The van der Waals surface area contributed by atoms with E-state index in [1.165, 1.54) is 0 Å². The lowest BCUT2D eigenvalue weighted by atomic mass is 9.89. The van der Waals surface area contributed by atoms with E-state index in [-0.39, 0.29) is 11.8 Å². The lowest BCUT2D eigenvalue weighted by Gasteiger charge is -2.21. The van der Waals surface area contributed by atoms with Crippen LogP contribution in [0.5, 0.6) is 0 Å². The number of nitrogens with one attached hydrogen (secondary N) is 3. The van der Waals surface area contributed by atoms with E-state index in [1.54, 1.807) is 27.1 Å². The van der Waals surface area contributed by atoms with Crippen molar-refractivity contribution in [3.63, 3.8) is 0 Å². The second-order valence-electron chi connectivity index (χ2n) is 6.49. The van der Waals surface area contributed by atoms with E-state index >= 15 is 0 Å². The molecule has 1 aliphatic rings. The van der Waals surface area contributed by atoms with Crippen molar-refractivity contribution in [1.82, 2.24) is 20.6 Å². The summed E-state index contributed by atoms with van der Waals surface area (Å²) in [7, 11) is 0. The fraction of sp³-hybridized carbons (Fsp3) is 0.667. The van der Waals surface area contributed by atoms with E-state index < -0.39 is 11.7 Å². The van der Waals surface area contributed by atoms with Gasteiger partial charge in [-0.1, -0.05) is 0 Å². The normalized spacial score (nSPS) is 17.5. The van der Waals surface area contributed by atoms with Crippen molar-refractivity contribution in [2.75, 3.05) is 13.1 Å². The number of amides is 2. The molecule has 0 spiro atoms. The maximum atomic E-state index is 12.1. The number of hydrogen-bond acceptors (Lipinski definition) is 4. The zero-order valence-electron chi connectivity index (χ0n) is 13.4. The molecule has 0 radical (unpaired) electrons. The first-order valence-electron chi connectivity index (χ1n) is 7.61. The highest BCUT2D eigenvalue weighted by Crippen LogP contribution is 2.22. The third-order valence-corrected chi connectivity index (χ3v) is 3.45. The third-order valence-electron chi connectivity index (χ3n) is 3.45. The number of rotatable bonds is 4. The lowest BCUT2D eigenvalue weighted by Crippen LogP contribution is -2.40. The van der Waals surface area contributed by atoms with E-state index in [2.05, 4.69) is 20.6 Å². The van der Waals surface area contributed by atoms with Crippen molar-refractivity contribution < 1.29 is 14.3 Å². The van der Waals surface area contributed by atoms with Gasteiger partial charge in [-0.2, -0.15) is 0 Å². The van der Waals surface area contributed by atoms with Crippen molar-refractivity contribution in [2.24, 2.45) is 5.92 Å². The minimum atomic E-state index is -0.517. The summed E-state index contributed by atoms with van der Waals surface area (Å²) in [6.07, 6.45) is 3.54. The molecule has 1 heterocycles. The average Bonchev–Trinajstić information content (AvgIpc) is 2.88. The van der Waals surface area contributed by atoms with Gasteiger partial charge >= 0.3 is 6.09 Å². The Morgan fingerprint density at radius 2 is 2.09 bits per heavy atom. The summed E-state index contributed by atoms with van der Waals surface area (Å²) in [5, 5.41) is 5.47. The standard InChI is InChI=1S/C15H24N4O3/c1-15(2,3)22-14(21)17-7-6-16-13(20)10-4-5-11-12(8-10)19-9-18-11/h9-10H,4-8H2,1-3H3,(H,16,20)(H,17,21)(H,18,19). The van der Waals surface area contributed by atoms with Crippen molar-refractivity contribution in [2.45, 2.75) is 45.6 Å². The van der Waals surface area contributed by atoms with Gasteiger partial charge in [0.05, 0.1) is 12.0 Å². The Morgan fingerprint density at radius 1 is 1.36 bits per heavy atom. The third kappa shape index (κ3) is 4.75. The first-order valence-corrected chi connectivity index (χ1v) is 7.61. The molecule has 1 atom stereocenters. The second kappa shape index (κ2) is 6.81. The molecule has 0 bridgehead atoms. The van der Waals surface area contributed by atoms with Crippen molar-refractivity contribution in [3.05, 3.63) is 17.7 Å². The zero-order chi connectivity index (χ0) is 16.2. The summed E-state index contributed by atoms with van der Waals surface area (Å²) in [6.45, 7) is 6.16. The Bertz CT molecular complexity index is 533. The van der Waals surface area contributed by atoms with Gasteiger partial charge in [0, 0.05) is 31.1 Å². The monoisotopic (exact) mass is 308 g/mol. The number of imidazole rings is 1. The van der Waals surface area contributed by atoms with E-state index in [4.69, 9.17) is 4.74 Å². The molecule has 7 nitrogen and oxygen atoms in total. The molecular formula is C15H24N4O3. The van der Waals surface area contributed by atoms with Crippen LogP contribution in [0.3, 0.4) is 0 Å². The number of H-pyrrole nitrogens is 1. The van der Waals surface area contributed by atoms with Crippen molar-refractivity contribution in [3.8, 4) is 0 Å². The number of ether oxygens (including phenoxy) is 1. The molecule has 122 valence electrons. The average molecular weight is 308 g/mol. The Kier molecular flexibility index (Phi) is 5.05. The molecule has 22 heavy (non-hydrogen) atoms. The molecule has 7 heteroatoms. The minimum absolute atomic E-state index is 0.0197. The van der Waals surface area contributed by atoms with Gasteiger partial charge in [-0.05, 0) is 33.6 Å². The summed E-state index contributed by atoms with van der Waals surface area (Å²) in [5.41, 5.74) is 1.60. The van der Waals surface area contributed by atoms with Gasteiger partial charge < -0.3 is 20.4 Å². The number of nitrogens with zero attached hydrogens (tertiary/aromatic N) is 1. The van der Waals surface area contributed by atoms with Gasteiger partial charge in [0.25, 0.3) is 0 Å². The Labute approximate surface area is 130 Å². The predicted octanol–water partition coefficient (Wildman–Crippen LogP) is 1.16. The highest BCUT2D eigenvalue weighted by atomic mass is 16.6. The molecule has 2 amide bonds. The van der Waals surface area contributed by atoms with Crippen LogP contribution < -0.4 is 10.6 Å². The van der Waals surface area contributed by atoms with Gasteiger partial charge in [-0.15, -0.1) is 0 Å². The SMILES string of the molecule is CC(C)(C)OC(=O)NCCNC(=O)C1CCc2nc[nH]c2C1. The number of aryl methyl sites for hydroxylation is 1. The van der Waals surface area contributed by atoms with Crippen LogP contribution in [0.25, 0.3) is 0 Å². The molecule has 3 N–H and O–H groups in total. The Hall–Kier alpha value is -2.05. The largest absolute Gasteiger partial charge is 0.444 e. The molecule has 0 aromatic carbocycles. The summed E-state index contributed by atoms with van der Waals surface area (Å²) < 4.78 is 5.12. The molecule has 0 fully saturated rings. The first kappa shape index (κ1) is 16.3. The molecular weight excluding hydrogens is 284 g/mol. The van der Waals surface area contributed by atoms with Gasteiger partial charge in [0.2, 0.25) is 5.91 Å². The summed E-state index contributed by atoms with van der Waals surface area (Å²) >= 11 is 0. The van der Waals surface area contributed by atoms with Gasteiger partial charge in [-0.3, -0.25) is 4.79 Å². The molecule has 1 aliphatic carbocycles. The second-order valence-corrected chi connectivity index (χ2v) is 6.49. The lowest BCUT2D eigenvalue weighted by molar-refractivity contribution is -0.125. The summed E-state index contributed by atoms with van der Waals surface area (Å²) in [4.78, 5) is 30.9. The molecule has 0 aliphatic heterocycles. The number of alkyl carbamates (subject to hydrolysis) is 1. The van der Waals surface area contributed by atoms with Gasteiger partial charge in [-0.25, -0.2) is 9.78 Å². The fourth-order valence-corrected chi connectivity index (χ4v) is 2.43. The van der Waals surface area contributed by atoms with E-state index in [9.17, 15) is 9.59 Å². The number of carbonyl (C=O) groups is 2. The molecule has 1 unspecified atom stereocenters. The topological polar surface area (TPSA) is 96.1 Å². The number of aromatic nitrogens is 2. The predicted molar refractivity (Wildman–Crippen MR) is 81.3 cm³/mol. The number of hydrogen-bond donors (Lipinski definition) is 3. The number of fused-ring (bicyclic) bond motifs is 1. The smallest absolute Gasteiger partial charge is 0.407 e. The van der Waals surface area contributed by atoms with Crippen molar-refractivity contribution in [1.29, 1.82) is 0 Å². The molecule has 0 saturated carbocycles.